The highest BCUT2D eigenvalue weighted by Gasteiger charge is 2.34. The van der Waals surface area contributed by atoms with Crippen molar-refractivity contribution in [3.8, 4) is 5.75 Å². The molecule has 10 nitrogen and oxygen atoms in total. The standard InChI is InChI=1S/C41H55N3O7/c1-32(46)42-20-23-43-21-8-12-36-14-13-34(28-39(36)43)31-51-40-29-44(41(47)50-26-7-3-6-24-45)22-19-38(40)35-15-17-37(18-16-35)49-27-9-25-48-30-33-10-4-2-5-11-33/h2,4-5,10-11,13-18,28,38,40,45H,3,6-9,12,19-27,29-31H2,1H3,(H,42,46). The number of aliphatic hydroxyl groups is 1. The molecule has 2 aliphatic heterocycles. The van der Waals surface area contributed by atoms with E-state index in [4.69, 9.17) is 24.1 Å². The fourth-order valence-electron chi connectivity index (χ4n) is 6.79. The summed E-state index contributed by atoms with van der Waals surface area (Å²) in [5.74, 6) is 0.905. The summed E-state index contributed by atoms with van der Waals surface area (Å²) < 4.78 is 24.1. The van der Waals surface area contributed by atoms with Crippen molar-refractivity contribution >= 4 is 17.7 Å². The summed E-state index contributed by atoms with van der Waals surface area (Å²) in [6, 6.07) is 25.0. The minimum Gasteiger partial charge on any atom is -0.494 e. The second kappa shape index (κ2) is 20.7. The average molecular weight is 702 g/mol. The van der Waals surface area contributed by atoms with Crippen molar-refractivity contribution < 1.29 is 33.6 Å². The van der Waals surface area contributed by atoms with E-state index in [9.17, 15) is 9.59 Å². The molecule has 2 atom stereocenters. The molecule has 1 saturated heterocycles. The zero-order chi connectivity index (χ0) is 35.7. The minimum atomic E-state index is -0.314. The van der Waals surface area contributed by atoms with Crippen LogP contribution in [0.3, 0.4) is 0 Å². The molecular formula is C41H55N3O7. The first-order valence-electron chi connectivity index (χ1n) is 18.6. The quantitative estimate of drug-likeness (QED) is 0.142. The van der Waals surface area contributed by atoms with Crippen molar-refractivity contribution in [1.29, 1.82) is 0 Å². The lowest BCUT2D eigenvalue weighted by Crippen LogP contribution is -2.47. The van der Waals surface area contributed by atoms with Crippen LogP contribution in [-0.2, 0) is 38.6 Å². The Labute approximate surface area is 303 Å². The maximum Gasteiger partial charge on any atom is 0.409 e. The van der Waals surface area contributed by atoms with Crippen LogP contribution in [0.2, 0.25) is 0 Å². The Bertz CT molecular complexity index is 1490. The number of fused-ring (bicyclic) bond motifs is 1. The summed E-state index contributed by atoms with van der Waals surface area (Å²) in [5, 5.41) is 12.0. The van der Waals surface area contributed by atoms with Crippen molar-refractivity contribution in [2.75, 3.05) is 64.1 Å². The summed E-state index contributed by atoms with van der Waals surface area (Å²) in [6.45, 7) is 7.64. The van der Waals surface area contributed by atoms with Gasteiger partial charge in [-0.25, -0.2) is 4.79 Å². The van der Waals surface area contributed by atoms with Crippen LogP contribution in [0.25, 0.3) is 0 Å². The van der Waals surface area contributed by atoms with Gasteiger partial charge in [0.25, 0.3) is 0 Å². The van der Waals surface area contributed by atoms with Crippen LogP contribution in [0.4, 0.5) is 10.5 Å². The Morgan fingerprint density at radius 2 is 1.73 bits per heavy atom. The molecule has 2 N–H and O–H groups in total. The third-order valence-electron chi connectivity index (χ3n) is 9.55. The van der Waals surface area contributed by atoms with E-state index in [2.05, 4.69) is 52.7 Å². The van der Waals surface area contributed by atoms with E-state index in [1.165, 1.54) is 11.3 Å². The lowest BCUT2D eigenvalue weighted by molar-refractivity contribution is -0.118. The molecular weight excluding hydrogens is 646 g/mol. The van der Waals surface area contributed by atoms with E-state index < -0.39 is 0 Å². The van der Waals surface area contributed by atoms with Crippen LogP contribution in [0.5, 0.6) is 5.75 Å². The van der Waals surface area contributed by atoms with Gasteiger partial charge in [-0.1, -0.05) is 54.6 Å². The lowest BCUT2D eigenvalue weighted by atomic mass is 9.87. The fraction of sp³-hybridized carbons (Fsp3) is 0.512. The largest absolute Gasteiger partial charge is 0.494 e. The number of likely N-dealkylation sites (tertiary alicyclic amines) is 1. The normalized spacial score (nSPS) is 17.1. The number of aryl methyl sites for hydroxylation is 1. The SMILES string of the molecule is CC(=O)NCCN1CCCc2ccc(COC3CN(C(=O)OCCCCCO)CCC3c3ccc(OCCCOCc4ccccc4)cc3)cc21. The van der Waals surface area contributed by atoms with Crippen molar-refractivity contribution in [2.45, 2.75) is 77.1 Å². The lowest BCUT2D eigenvalue weighted by Gasteiger charge is -2.38. The minimum absolute atomic E-state index is 0.0153. The number of hydrogen-bond donors (Lipinski definition) is 2. The molecule has 2 heterocycles. The van der Waals surface area contributed by atoms with Crippen LogP contribution in [0.1, 0.15) is 73.6 Å². The Morgan fingerprint density at radius 1 is 0.882 bits per heavy atom. The highest BCUT2D eigenvalue weighted by Crippen LogP contribution is 2.34. The third kappa shape index (κ3) is 12.3. The summed E-state index contributed by atoms with van der Waals surface area (Å²) in [6.07, 6.45) is 5.42. The smallest absolute Gasteiger partial charge is 0.409 e. The highest BCUT2D eigenvalue weighted by atomic mass is 16.6. The number of hydrogen-bond acceptors (Lipinski definition) is 8. The molecule has 2 aliphatic rings. The molecule has 276 valence electrons. The van der Waals surface area contributed by atoms with E-state index in [1.807, 2.05) is 30.3 Å². The molecule has 0 bridgehead atoms. The van der Waals surface area contributed by atoms with Gasteiger partial charge < -0.3 is 39.2 Å². The van der Waals surface area contributed by atoms with Gasteiger partial charge in [0.1, 0.15) is 5.75 Å². The number of ether oxygens (including phenoxy) is 4. The summed E-state index contributed by atoms with van der Waals surface area (Å²) in [5.41, 5.74) is 5.93. The number of nitrogens with zero attached hydrogens (tertiary/aromatic N) is 2. The molecule has 2 amide bonds. The Balaban J connectivity index is 1.18. The van der Waals surface area contributed by atoms with Gasteiger partial charge >= 0.3 is 6.09 Å². The molecule has 5 rings (SSSR count). The number of carbonyl (C=O) groups excluding carboxylic acids is 2. The monoisotopic (exact) mass is 701 g/mol. The van der Waals surface area contributed by atoms with E-state index in [-0.39, 0.29) is 30.6 Å². The molecule has 0 saturated carbocycles. The van der Waals surface area contributed by atoms with Gasteiger partial charge in [0.05, 0.1) is 45.7 Å². The molecule has 10 heteroatoms. The Kier molecular flexibility index (Phi) is 15.4. The molecule has 3 aromatic carbocycles. The zero-order valence-electron chi connectivity index (χ0n) is 30.1. The van der Waals surface area contributed by atoms with Gasteiger partial charge in [-0.3, -0.25) is 4.79 Å². The highest BCUT2D eigenvalue weighted by molar-refractivity contribution is 5.72. The predicted molar refractivity (Wildman–Crippen MR) is 198 cm³/mol. The zero-order valence-corrected chi connectivity index (χ0v) is 30.1. The number of aliphatic hydroxyl groups excluding tert-OH is 1. The molecule has 0 aliphatic carbocycles. The first-order chi connectivity index (χ1) is 25.0. The van der Waals surface area contributed by atoms with Crippen molar-refractivity contribution in [3.05, 3.63) is 95.1 Å². The van der Waals surface area contributed by atoms with Crippen LogP contribution in [0.15, 0.2) is 72.8 Å². The van der Waals surface area contributed by atoms with Crippen molar-refractivity contribution in [1.82, 2.24) is 10.2 Å². The summed E-state index contributed by atoms with van der Waals surface area (Å²) in [4.78, 5) is 28.6. The molecule has 0 aromatic heterocycles. The molecule has 3 aromatic rings. The predicted octanol–water partition coefficient (Wildman–Crippen LogP) is 6.23. The van der Waals surface area contributed by atoms with E-state index in [0.29, 0.717) is 59.1 Å². The van der Waals surface area contributed by atoms with E-state index in [0.717, 1.165) is 74.1 Å². The van der Waals surface area contributed by atoms with E-state index >= 15 is 0 Å². The number of carbonyl (C=O) groups is 2. The van der Waals surface area contributed by atoms with Gasteiger partial charge in [0.2, 0.25) is 5.91 Å². The second-order valence-electron chi connectivity index (χ2n) is 13.4. The first kappa shape index (κ1) is 38.1. The number of rotatable bonds is 19. The van der Waals surface area contributed by atoms with E-state index in [1.54, 1.807) is 11.8 Å². The summed E-state index contributed by atoms with van der Waals surface area (Å²) >= 11 is 0. The van der Waals surface area contributed by atoms with Gasteiger partial charge in [-0.05, 0) is 79.0 Å². The number of anilines is 1. The van der Waals surface area contributed by atoms with Gasteiger partial charge in [0, 0.05) is 57.7 Å². The number of unbranched alkanes of at least 4 members (excludes halogenated alkanes) is 2. The molecule has 51 heavy (non-hydrogen) atoms. The maximum atomic E-state index is 13.0. The van der Waals surface area contributed by atoms with Crippen molar-refractivity contribution in [3.63, 3.8) is 0 Å². The second-order valence-corrected chi connectivity index (χ2v) is 13.4. The maximum absolute atomic E-state index is 13.0. The summed E-state index contributed by atoms with van der Waals surface area (Å²) in [7, 11) is 0. The van der Waals surface area contributed by atoms with Crippen molar-refractivity contribution in [2.24, 2.45) is 0 Å². The Hall–Kier alpha value is -4.12. The van der Waals surface area contributed by atoms with Gasteiger partial charge in [-0.2, -0.15) is 0 Å². The molecule has 2 unspecified atom stereocenters. The number of piperidine rings is 1. The molecule has 0 radical (unpaired) electrons. The van der Waals surface area contributed by atoms with Crippen LogP contribution < -0.4 is 15.0 Å². The van der Waals surface area contributed by atoms with Crippen LogP contribution in [-0.4, -0.2) is 87.3 Å². The van der Waals surface area contributed by atoms with Crippen LogP contribution >= 0.6 is 0 Å². The van der Waals surface area contributed by atoms with Gasteiger partial charge in [-0.15, -0.1) is 0 Å². The van der Waals surface area contributed by atoms with Crippen LogP contribution in [0, 0.1) is 0 Å². The number of amides is 2. The number of benzene rings is 3. The topological polar surface area (TPSA) is 110 Å². The Morgan fingerprint density at radius 3 is 2.53 bits per heavy atom. The molecule has 0 spiro atoms. The first-order valence-corrected chi connectivity index (χ1v) is 18.6. The number of nitrogens with one attached hydrogen (secondary N) is 1. The molecule has 1 fully saturated rings. The van der Waals surface area contributed by atoms with Gasteiger partial charge in [0.15, 0.2) is 0 Å². The fourth-order valence-corrected chi connectivity index (χ4v) is 6.79. The third-order valence-corrected chi connectivity index (χ3v) is 9.55. The average Bonchev–Trinajstić information content (AvgIpc) is 3.15.